The third-order valence-corrected chi connectivity index (χ3v) is 4.10. The van der Waals surface area contributed by atoms with E-state index in [2.05, 4.69) is 26.1 Å². The Morgan fingerprint density at radius 2 is 1.95 bits per heavy atom. The van der Waals surface area contributed by atoms with Crippen molar-refractivity contribution in [3.8, 4) is 0 Å². The van der Waals surface area contributed by atoms with Gasteiger partial charge in [-0.3, -0.25) is 0 Å². The highest BCUT2D eigenvalue weighted by Crippen LogP contribution is 2.40. The Morgan fingerprint density at radius 1 is 1.32 bits per heavy atom. The van der Waals surface area contributed by atoms with Crippen molar-refractivity contribution >= 4 is 5.97 Å². The number of rotatable bonds is 4. The average molecular weight is 261 g/mol. The molecule has 1 aromatic rings. The van der Waals surface area contributed by atoms with E-state index in [0.717, 1.165) is 12.1 Å². The molecule has 1 aliphatic rings. The molecular weight excluding hydrogens is 238 g/mol. The molecule has 0 aromatic heterocycles. The molecule has 0 spiro atoms. The quantitative estimate of drug-likeness (QED) is 0.874. The summed E-state index contributed by atoms with van der Waals surface area (Å²) in [5, 5.41) is 12.5. The zero-order chi connectivity index (χ0) is 14.0. The minimum atomic E-state index is -0.870. The molecule has 1 aromatic carbocycles. The average Bonchev–Trinajstić information content (AvgIpc) is 2.60. The summed E-state index contributed by atoms with van der Waals surface area (Å²) in [6.07, 6.45) is 2.48. The fourth-order valence-electron chi connectivity index (χ4n) is 3.18. The maximum atomic E-state index is 10.8. The van der Waals surface area contributed by atoms with E-state index in [-0.39, 0.29) is 0 Å². The largest absolute Gasteiger partial charge is 0.478 e. The maximum absolute atomic E-state index is 10.8. The van der Waals surface area contributed by atoms with E-state index in [1.165, 1.54) is 12.8 Å². The summed E-state index contributed by atoms with van der Waals surface area (Å²) < 4.78 is 0. The molecular formula is C16H23NO2. The molecule has 1 fully saturated rings. The molecule has 0 radical (unpaired) electrons. The van der Waals surface area contributed by atoms with Gasteiger partial charge in [0.25, 0.3) is 0 Å². The predicted molar refractivity (Wildman–Crippen MR) is 76.2 cm³/mol. The number of hydrogen-bond acceptors (Lipinski definition) is 2. The van der Waals surface area contributed by atoms with Gasteiger partial charge < -0.3 is 10.4 Å². The predicted octanol–water partition coefficient (Wildman–Crippen LogP) is 3.30. The number of benzene rings is 1. The van der Waals surface area contributed by atoms with E-state index in [4.69, 9.17) is 5.11 Å². The number of hydrogen-bond donors (Lipinski definition) is 2. The van der Waals surface area contributed by atoms with Gasteiger partial charge >= 0.3 is 5.97 Å². The Kier molecular flexibility index (Phi) is 3.95. The van der Waals surface area contributed by atoms with Crippen LogP contribution in [-0.2, 0) is 6.54 Å². The van der Waals surface area contributed by atoms with Gasteiger partial charge in [0.2, 0.25) is 0 Å². The van der Waals surface area contributed by atoms with Gasteiger partial charge in [0.05, 0.1) is 5.56 Å². The molecule has 2 unspecified atom stereocenters. The van der Waals surface area contributed by atoms with E-state index < -0.39 is 5.97 Å². The first-order valence-electron chi connectivity index (χ1n) is 6.93. The van der Waals surface area contributed by atoms with Crippen LogP contribution in [0.15, 0.2) is 24.3 Å². The Hall–Kier alpha value is -1.35. The molecule has 3 nitrogen and oxygen atoms in total. The molecule has 0 aliphatic heterocycles. The molecule has 0 saturated heterocycles. The normalized spacial score (nSPS) is 25.4. The van der Waals surface area contributed by atoms with Crippen LogP contribution in [0.2, 0.25) is 0 Å². The second-order valence-corrected chi connectivity index (χ2v) is 6.54. The van der Waals surface area contributed by atoms with Crippen molar-refractivity contribution in [3.63, 3.8) is 0 Å². The lowest BCUT2D eigenvalue weighted by Gasteiger charge is -2.18. The number of carboxylic acid groups (broad SMARTS) is 1. The molecule has 2 atom stereocenters. The highest BCUT2D eigenvalue weighted by molar-refractivity contribution is 5.87. The lowest BCUT2D eigenvalue weighted by atomic mass is 9.91. The second kappa shape index (κ2) is 5.33. The van der Waals surface area contributed by atoms with Crippen LogP contribution in [-0.4, -0.2) is 17.1 Å². The summed E-state index contributed by atoms with van der Waals surface area (Å²) in [4.78, 5) is 10.8. The molecule has 19 heavy (non-hydrogen) atoms. The first-order valence-corrected chi connectivity index (χ1v) is 6.93. The molecule has 104 valence electrons. The fraction of sp³-hybridized carbons (Fsp3) is 0.562. The van der Waals surface area contributed by atoms with Crippen LogP contribution in [0.25, 0.3) is 0 Å². The minimum Gasteiger partial charge on any atom is -0.478 e. The summed E-state index contributed by atoms with van der Waals surface area (Å²) in [6, 6.07) is 7.68. The van der Waals surface area contributed by atoms with Crippen molar-refractivity contribution in [1.29, 1.82) is 0 Å². The molecule has 3 heteroatoms. The van der Waals surface area contributed by atoms with Crippen molar-refractivity contribution in [2.45, 2.75) is 46.2 Å². The SMILES string of the molecule is CC1CC(C)(C)CC1NCc1ccc(C(=O)O)cc1. The molecule has 0 amide bonds. The van der Waals surface area contributed by atoms with Crippen molar-refractivity contribution in [2.75, 3.05) is 0 Å². The maximum Gasteiger partial charge on any atom is 0.335 e. The minimum absolute atomic E-state index is 0.346. The lowest BCUT2D eigenvalue weighted by Crippen LogP contribution is -2.31. The fourth-order valence-corrected chi connectivity index (χ4v) is 3.18. The number of carboxylic acids is 1. The van der Waals surface area contributed by atoms with Crippen LogP contribution in [0, 0.1) is 11.3 Å². The van der Waals surface area contributed by atoms with Gasteiger partial charge in [-0.1, -0.05) is 32.9 Å². The Labute approximate surface area is 115 Å². The van der Waals surface area contributed by atoms with Crippen molar-refractivity contribution < 1.29 is 9.90 Å². The summed E-state index contributed by atoms with van der Waals surface area (Å²) in [6.45, 7) is 7.77. The Bertz CT molecular complexity index is 450. The summed E-state index contributed by atoms with van der Waals surface area (Å²) >= 11 is 0. The van der Waals surface area contributed by atoms with Crippen LogP contribution in [0.4, 0.5) is 0 Å². The van der Waals surface area contributed by atoms with Gasteiger partial charge in [-0.2, -0.15) is 0 Å². The second-order valence-electron chi connectivity index (χ2n) is 6.54. The zero-order valence-electron chi connectivity index (χ0n) is 11.9. The van der Waals surface area contributed by atoms with E-state index in [0.29, 0.717) is 22.9 Å². The number of carbonyl (C=O) groups is 1. The molecule has 0 heterocycles. The summed E-state index contributed by atoms with van der Waals surface area (Å²) in [7, 11) is 0. The molecule has 2 rings (SSSR count). The summed E-state index contributed by atoms with van der Waals surface area (Å²) in [5.41, 5.74) is 1.92. The third-order valence-electron chi connectivity index (χ3n) is 4.10. The van der Waals surface area contributed by atoms with Crippen molar-refractivity contribution in [1.82, 2.24) is 5.32 Å². The topological polar surface area (TPSA) is 49.3 Å². The van der Waals surface area contributed by atoms with Crippen LogP contribution in [0.3, 0.4) is 0 Å². The Balaban J connectivity index is 1.90. The molecule has 2 N–H and O–H groups in total. The summed E-state index contributed by atoms with van der Waals surface area (Å²) in [5.74, 6) is -0.168. The van der Waals surface area contributed by atoms with Crippen LogP contribution < -0.4 is 5.32 Å². The molecule has 0 bridgehead atoms. The third kappa shape index (κ3) is 3.57. The van der Waals surface area contributed by atoms with E-state index in [1.54, 1.807) is 12.1 Å². The van der Waals surface area contributed by atoms with Crippen LogP contribution >= 0.6 is 0 Å². The van der Waals surface area contributed by atoms with Gasteiger partial charge in [-0.25, -0.2) is 4.79 Å². The highest BCUT2D eigenvalue weighted by atomic mass is 16.4. The van der Waals surface area contributed by atoms with Gasteiger partial charge in [0, 0.05) is 12.6 Å². The van der Waals surface area contributed by atoms with Gasteiger partial charge in [-0.05, 0) is 41.9 Å². The number of aromatic carboxylic acids is 1. The van der Waals surface area contributed by atoms with E-state index in [9.17, 15) is 4.79 Å². The first-order chi connectivity index (χ1) is 8.87. The highest BCUT2D eigenvalue weighted by Gasteiger charge is 2.36. The lowest BCUT2D eigenvalue weighted by molar-refractivity contribution is 0.0697. The van der Waals surface area contributed by atoms with Gasteiger partial charge in [0.15, 0.2) is 0 Å². The monoisotopic (exact) mass is 261 g/mol. The van der Waals surface area contributed by atoms with E-state index >= 15 is 0 Å². The van der Waals surface area contributed by atoms with Gasteiger partial charge in [-0.15, -0.1) is 0 Å². The smallest absolute Gasteiger partial charge is 0.335 e. The van der Waals surface area contributed by atoms with Crippen molar-refractivity contribution in [2.24, 2.45) is 11.3 Å². The van der Waals surface area contributed by atoms with Crippen molar-refractivity contribution in [3.05, 3.63) is 35.4 Å². The zero-order valence-corrected chi connectivity index (χ0v) is 11.9. The van der Waals surface area contributed by atoms with Gasteiger partial charge in [0.1, 0.15) is 0 Å². The van der Waals surface area contributed by atoms with Crippen LogP contribution in [0.1, 0.15) is 49.5 Å². The Morgan fingerprint density at radius 3 is 2.42 bits per heavy atom. The van der Waals surface area contributed by atoms with E-state index in [1.807, 2.05) is 12.1 Å². The molecule has 1 aliphatic carbocycles. The first kappa shape index (κ1) is 14.1. The van der Waals surface area contributed by atoms with Crippen LogP contribution in [0.5, 0.6) is 0 Å². The standard InChI is InChI=1S/C16H23NO2/c1-11-8-16(2,3)9-14(11)17-10-12-4-6-13(7-5-12)15(18)19/h4-7,11,14,17H,8-10H2,1-3H3,(H,18,19). The molecule has 1 saturated carbocycles. The number of nitrogens with one attached hydrogen (secondary N) is 1.